The normalized spacial score (nSPS) is 17.7. The number of piperidine rings is 1. The Labute approximate surface area is 159 Å². The average molecular weight is 366 g/mol. The molecule has 1 amide bonds. The Morgan fingerprint density at radius 1 is 1.33 bits per heavy atom. The quantitative estimate of drug-likeness (QED) is 0.744. The van der Waals surface area contributed by atoms with E-state index in [1.807, 2.05) is 24.3 Å². The molecule has 0 aliphatic carbocycles. The Hall–Kier alpha value is -2.63. The molecule has 1 aliphatic rings. The highest BCUT2D eigenvalue weighted by Crippen LogP contribution is 2.33. The summed E-state index contributed by atoms with van der Waals surface area (Å²) >= 11 is 0. The molecule has 3 aromatic rings. The molecule has 1 fully saturated rings. The highest BCUT2D eigenvalue weighted by atomic mass is 16.3. The molecule has 1 aliphatic heterocycles. The standard InChI is InChI=1S/C21H26N4O2/c1-14(2)9-10-22-21(26)15-6-5-11-25(12-15)20-19-18(23-13-24-20)16-7-3-4-8-17(16)27-19/h3-4,7-8,13-15H,5-6,9-12H2,1-2H3,(H,22,26). The number of benzene rings is 1. The monoisotopic (exact) mass is 366 g/mol. The van der Waals surface area contributed by atoms with Gasteiger partial charge in [0.15, 0.2) is 11.4 Å². The molecule has 27 heavy (non-hydrogen) atoms. The number of rotatable bonds is 5. The van der Waals surface area contributed by atoms with Gasteiger partial charge in [0.2, 0.25) is 5.91 Å². The van der Waals surface area contributed by atoms with Gasteiger partial charge in [-0.1, -0.05) is 26.0 Å². The van der Waals surface area contributed by atoms with Gasteiger partial charge in [-0.2, -0.15) is 0 Å². The minimum absolute atomic E-state index is 0.0136. The summed E-state index contributed by atoms with van der Waals surface area (Å²) in [5.41, 5.74) is 2.35. The van der Waals surface area contributed by atoms with Crippen molar-refractivity contribution in [2.24, 2.45) is 11.8 Å². The van der Waals surface area contributed by atoms with Gasteiger partial charge in [-0.3, -0.25) is 4.79 Å². The van der Waals surface area contributed by atoms with Gasteiger partial charge in [-0.05, 0) is 37.3 Å². The number of nitrogens with zero attached hydrogens (tertiary/aromatic N) is 3. The topological polar surface area (TPSA) is 71.3 Å². The highest BCUT2D eigenvalue weighted by molar-refractivity contribution is 6.05. The van der Waals surface area contributed by atoms with Gasteiger partial charge in [0.05, 0.1) is 5.92 Å². The summed E-state index contributed by atoms with van der Waals surface area (Å²) in [6, 6.07) is 7.90. The minimum Gasteiger partial charge on any atom is -0.450 e. The van der Waals surface area contributed by atoms with Crippen LogP contribution in [0.3, 0.4) is 0 Å². The molecule has 1 saturated heterocycles. The van der Waals surface area contributed by atoms with Crippen LogP contribution in [-0.4, -0.2) is 35.5 Å². The van der Waals surface area contributed by atoms with Crippen LogP contribution < -0.4 is 10.2 Å². The van der Waals surface area contributed by atoms with Crippen LogP contribution >= 0.6 is 0 Å². The van der Waals surface area contributed by atoms with Crippen molar-refractivity contribution in [2.75, 3.05) is 24.5 Å². The molecule has 0 bridgehead atoms. The van der Waals surface area contributed by atoms with Crippen LogP contribution in [0.4, 0.5) is 5.82 Å². The Morgan fingerprint density at radius 2 is 2.19 bits per heavy atom. The zero-order chi connectivity index (χ0) is 18.8. The van der Waals surface area contributed by atoms with Gasteiger partial charge >= 0.3 is 0 Å². The zero-order valence-electron chi connectivity index (χ0n) is 15.9. The summed E-state index contributed by atoms with van der Waals surface area (Å²) in [4.78, 5) is 23.7. The largest absolute Gasteiger partial charge is 0.450 e. The first-order chi connectivity index (χ1) is 13.1. The van der Waals surface area contributed by atoms with E-state index in [0.29, 0.717) is 18.0 Å². The van der Waals surface area contributed by atoms with E-state index in [0.717, 1.165) is 54.7 Å². The van der Waals surface area contributed by atoms with Crippen LogP contribution in [0.1, 0.15) is 33.1 Å². The molecule has 1 aromatic carbocycles. The second kappa shape index (κ2) is 7.55. The Morgan fingerprint density at radius 3 is 3.04 bits per heavy atom. The number of carbonyl (C=O) groups is 1. The lowest BCUT2D eigenvalue weighted by atomic mass is 9.97. The van der Waals surface area contributed by atoms with Crippen LogP contribution in [0.15, 0.2) is 35.0 Å². The van der Waals surface area contributed by atoms with Crippen LogP contribution in [0.5, 0.6) is 0 Å². The molecule has 1 atom stereocenters. The van der Waals surface area contributed by atoms with E-state index < -0.39 is 0 Å². The molecule has 142 valence electrons. The van der Waals surface area contributed by atoms with Gasteiger partial charge in [0.1, 0.15) is 17.4 Å². The van der Waals surface area contributed by atoms with Gasteiger partial charge in [0, 0.05) is 25.0 Å². The van der Waals surface area contributed by atoms with E-state index in [-0.39, 0.29) is 11.8 Å². The maximum Gasteiger partial charge on any atom is 0.224 e. The molecule has 0 radical (unpaired) electrons. The van der Waals surface area contributed by atoms with Crippen molar-refractivity contribution in [3.05, 3.63) is 30.6 Å². The second-order valence-electron chi connectivity index (χ2n) is 7.73. The summed E-state index contributed by atoms with van der Waals surface area (Å²) in [5.74, 6) is 1.52. The number of hydrogen-bond acceptors (Lipinski definition) is 5. The number of anilines is 1. The summed E-state index contributed by atoms with van der Waals surface area (Å²) < 4.78 is 6.06. The van der Waals surface area contributed by atoms with Crippen LogP contribution in [-0.2, 0) is 4.79 Å². The Balaban J connectivity index is 1.55. The first-order valence-corrected chi connectivity index (χ1v) is 9.78. The van der Waals surface area contributed by atoms with Crippen molar-refractivity contribution in [3.8, 4) is 0 Å². The number of para-hydroxylation sites is 1. The summed E-state index contributed by atoms with van der Waals surface area (Å²) in [5, 5.41) is 4.09. The number of fused-ring (bicyclic) bond motifs is 3. The fraction of sp³-hybridized carbons (Fsp3) is 0.476. The molecule has 1 unspecified atom stereocenters. The molecule has 3 heterocycles. The SMILES string of the molecule is CC(C)CCNC(=O)C1CCCN(c2ncnc3c2oc2ccccc23)C1. The van der Waals surface area contributed by atoms with E-state index in [1.54, 1.807) is 6.33 Å². The first-order valence-electron chi connectivity index (χ1n) is 9.78. The maximum absolute atomic E-state index is 12.6. The van der Waals surface area contributed by atoms with Gasteiger partial charge in [0.25, 0.3) is 0 Å². The van der Waals surface area contributed by atoms with Crippen molar-refractivity contribution in [2.45, 2.75) is 33.1 Å². The predicted molar refractivity (Wildman–Crippen MR) is 107 cm³/mol. The van der Waals surface area contributed by atoms with Crippen LogP contribution in [0, 0.1) is 11.8 Å². The molecule has 1 N–H and O–H groups in total. The third-order valence-corrected chi connectivity index (χ3v) is 5.25. The molecule has 6 nitrogen and oxygen atoms in total. The summed E-state index contributed by atoms with van der Waals surface area (Å²) in [6.07, 6.45) is 4.48. The molecule has 4 rings (SSSR count). The number of nitrogens with one attached hydrogen (secondary N) is 1. The first kappa shape index (κ1) is 17.8. The maximum atomic E-state index is 12.6. The molecular weight excluding hydrogens is 340 g/mol. The van der Waals surface area contributed by atoms with Gasteiger partial charge < -0.3 is 14.6 Å². The fourth-order valence-corrected chi connectivity index (χ4v) is 3.75. The van der Waals surface area contributed by atoms with Crippen molar-refractivity contribution >= 4 is 33.8 Å². The van der Waals surface area contributed by atoms with Crippen molar-refractivity contribution in [1.82, 2.24) is 15.3 Å². The fourth-order valence-electron chi connectivity index (χ4n) is 3.75. The number of aromatic nitrogens is 2. The second-order valence-corrected chi connectivity index (χ2v) is 7.73. The molecule has 2 aromatic heterocycles. The van der Waals surface area contributed by atoms with E-state index in [1.165, 1.54) is 0 Å². The number of furan rings is 1. The average Bonchev–Trinajstić information content (AvgIpc) is 3.06. The molecular formula is C21H26N4O2. The van der Waals surface area contributed by atoms with E-state index in [9.17, 15) is 4.79 Å². The minimum atomic E-state index is -0.0136. The smallest absolute Gasteiger partial charge is 0.224 e. The summed E-state index contributed by atoms with van der Waals surface area (Å²) in [6.45, 7) is 6.62. The summed E-state index contributed by atoms with van der Waals surface area (Å²) in [7, 11) is 0. The highest BCUT2D eigenvalue weighted by Gasteiger charge is 2.28. The van der Waals surface area contributed by atoms with Gasteiger partial charge in [-0.15, -0.1) is 0 Å². The lowest BCUT2D eigenvalue weighted by molar-refractivity contribution is -0.125. The van der Waals surface area contributed by atoms with E-state index in [2.05, 4.69) is 34.0 Å². The third kappa shape index (κ3) is 3.61. The Bertz CT molecular complexity index is 950. The number of amides is 1. The molecule has 0 spiro atoms. The number of hydrogen-bond donors (Lipinski definition) is 1. The van der Waals surface area contributed by atoms with E-state index >= 15 is 0 Å². The van der Waals surface area contributed by atoms with Crippen molar-refractivity contribution in [1.29, 1.82) is 0 Å². The van der Waals surface area contributed by atoms with Crippen LogP contribution in [0.25, 0.3) is 22.1 Å². The lowest BCUT2D eigenvalue weighted by Crippen LogP contribution is -2.43. The lowest BCUT2D eigenvalue weighted by Gasteiger charge is -2.32. The Kier molecular flexibility index (Phi) is 4.97. The van der Waals surface area contributed by atoms with Crippen LogP contribution in [0.2, 0.25) is 0 Å². The van der Waals surface area contributed by atoms with E-state index in [4.69, 9.17) is 4.42 Å². The molecule has 6 heteroatoms. The van der Waals surface area contributed by atoms with Crippen molar-refractivity contribution < 1.29 is 9.21 Å². The van der Waals surface area contributed by atoms with Gasteiger partial charge in [-0.25, -0.2) is 9.97 Å². The molecule has 0 saturated carbocycles. The van der Waals surface area contributed by atoms with Crippen molar-refractivity contribution in [3.63, 3.8) is 0 Å². The predicted octanol–water partition coefficient (Wildman–Crippen LogP) is 3.75. The third-order valence-electron chi connectivity index (χ3n) is 5.25. The number of carbonyl (C=O) groups excluding carboxylic acids is 1. The zero-order valence-corrected chi connectivity index (χ0v) is 15.9.